The van der Waals surface area contributed by atoms with Gasteiger partial charge < -0.3 is 9.30 Å². The van der Waals surface area contributed by atoms with E-state index in [1.54, 1.807) is 35.6 Å². The Morgan fingerprint density at radius 1 is 1.19 bits per heavy atom. The largest absolute Gasteiger partial charge is 0.379 e. The van der Waals surface area contributed by atoms with Gasteiger partial charge in [-0.05, 0) is 43.5 Å². The van der Waals surface area contributed by atoms with E-state index in [2.05, 4.69) is 30.7 Å². The van der Waals surface area contributed by atoms with Crippen LogP contribution in [-0.4, -0.2) is 43.6 Å². The van der Waals surface area contributed by atoms with Gasteiger partial charge in [0.05, 0.1) is 23.8 Å². The van der Waals surface area contributed by atoms with Gasteiger partial charge in [-0.25, -0.2) is 13.4 Å². The van der Waals surface area contributed by atoms with Crippen molar-refractivity contribution in [3.63, 3.8) is 0 Å². The highest BCUT2D eigenvalue weighted by Crippen LogP contribution is 2.20. The molecule has 1 aromatic heterocycles. The molecule has 0 radical (unpaired) electrons. The van der Waals surface area contributed by atoms with E-state index in [4.69, 9.17) is 9.73 Å². The fourth-order valence-corrected chi connectivity index (χ4v) is 5.23. The number of nitrogens with zero attached hydrogens (tertiary/aromatic N) is 3. The Balaban J connectivity index is 1.83. The SMILES string of the molecule is Cc1csc(=Nc2ccc(S(=O)(=O)N3CCOCC3)cc2)n1CCC(C)C. The van der Waals surface area contributed by atoms with Crippen LogP contribution in [0.25, 0.3) is 0 Å². The van der Waals surface area contributed by atoms with Gasteiger partial charge in [-0.1, -0.05) is 13.8 Å². The van der Waals surface area contributed by atoms with Crippen LogP contribution >= 0.6 is 11.3 Å². The van der Waals surface area contributed by atoms with E-state index in [1.165, 1.54) is 10.00 Å². The van der Waals surface area contributed by atoms with Crippen LogP contribution in [-0.2, 0) is 21.3 Å². The molecule has 0 N–H and O–H groups in total. The summed E-state index contributed by atoms with van der Waals surface area (Å²) in [7, 11) is -3.46. The molecule has 2 aromatic rings. The average molecular weight is 410 g/mol. The maximum Gasteiger partial charge on any atom is 0.243 e. The molecule has 27 heavy (non-hydrogen) atoms. The predicted molar refractivity (Wildman–Crippen MR) is 108 cm³/mol. The Kier molecular flexibility index (Phi) is 6.52. The highest BCUT2D eigenvalue weighted by atomic mass is 32.2. The van der Waals surface area contributed by atoms with E-state index >= 15 is 0 Å². The van der Waals surface area contributed by atoms with Crippen LogP contribution in [0.5, 0.6) is 0 Å². The molecule has 1 aromatic carbocycles. The molecule has 0 saturated carbocycles. The van der Waals surface area contributed by atoms with Gasteiger partial charge in [-0.2, -0.15) is 4.31 Å². The lowest BCUT2D eigenvalue weighted by Crippen LogP contribution is -2.40. The molecule has 0 unspecified atom stereocenters. The zero-order valence-electron chi connectivity index (χ0n) is 16.1. The van der Waals surface area contributed by atoms with Gasteiger partial charge in [0.15, 0.2) is 4.80 Å². The molecule has 148 valence electrons. The third kappa shape index (κ3) is 4.87. The summed E-state index contributed by atoms with van der Waals surface area (Å²) in [6.07, 6.45) is 1.10. The maximum atomic E-state index is 12.7. The number of hydrogen-bond donors (Lipinski definition) is 0. The summed E-state index contributed by atoms with van der Waals surface area (Å²) < 4.78 is 34.3. The zero-order valence-corrected chi connectivity index (χ0v) is 17.7. The molecule has 2 heterocycles. The fraction of sp³-hybridized carbons (Fsp3) is 0.526. The number of ether oxygens (including phenoxy) is 1. The molecule has 1 saturated heterocycles. The minimum atomic E-state index is -3.46. The van der Waals surface area contributed by atoms with Gasteiger partial charge in [0.1, 0.15) is 0 Å². The third-order valence-electron chi connectivity index (χ3n) is 4.59. The molecule has 6 nitrogen and oxygen atoms in total. The van der Waals surface area contributed by atoms with E-state index in [0.717, 1.165) is 23.5 Å². The van der Waals surface area contributed by atoms with Gasteiger partial charge in [0.2, 0.25) is 10.0 Å². The van der Waals surface area contributed by atoms with Crippen molar-refractivity contribution in [3.8, 4) is 0 Å². The molecule has 1 aliphatic heterocycles. The summed E-state index contributed by atoms with van der Waals surface area (Å²) in [6.45, 7) is 9.15. The van der Waals surface area contributed by atoms with Crippen LogP contribution in [0.15, 0.2) is 39.5 Å². The molecule has 8 heteroatoms. The van der Waals surface area contributed by atoms with Crippen molar-refractivity contribution >= 4 is 27.0 Å². The summed E-state index contributed by atoms with van der Waals surface area (Å²) in [4.78, 5) is 5.97. The Bertz CT molecular complexity index is 922. The van der Waals surface area contributed by atoms with Crippen molar-refractivity contribution in [1.82, 2.24) is 8.87 Å². The predicted octanol–water partition coefficient (Wildman–Crippen LogP) is 3.16. The summed E-state index contributed by atoms with van der Waals surface area (Å²) in [5.74, 6) is 0.634. The highest BCUT2D eigenvalue weighted by Gasteiger charge is 2.26. The number of aryl methyl sites for hydroxylation is 1. The first kappa shape index (κ1) is 20.3. The van der Waals surface area contributed by atoms with Crippen LogP contribution in [0.1, 0.15) is 26.0 Å². The van der Waals surface area contributed by atoms with E-state index in [0.29, 0.717) is 37.1 Å². The maximum absolute atomic E-state index is 12.7. The molecule has 0 spiro atoms. The van der Waals surface area contributed by atoms with Crippen LogP contribution in [0.4, 0.5) is 5.69 Å². The lowest BCUT2D eigenvalue weighted by molar-refractivity contribution is 0.0730. The van der Waals surface area contributed by atoms with Crippen molar-refractivity contribution < 1.29 is 13.2 Å². The van der Waals surface area contributed by atoms with Crippen LogP contribution in [0, 0.1) is 12.8 Å². The smallest absolute Gasteiger partial charge is 0.243 e. The second kappa shape index (κ2) is 8.68. The fourth-order valence-electron chi connectivity index (χ4n) is 2.90. The first-order valence-electron chi connectivity index (χ1n) is 9.25. The zero-order chi connectivity index (χ0) is 19.4. The quantitative estimate of drug-likeness (QED) is 0.736. The Morgan fingerprint density at radius 2 is 1.85 bits per heavy atom. The van der Waals surface area contributed by atoms with Gasteiger partial charge in [-0.3, -0.25) is 0 Å². The van der Waals surface area contributed by atoms with Crippen molar-refractivity contribution in [2.45, 2.75) is 38.6 Å². The Labute approximate surface area is 165 Å². The molecule has 0 atom stereocenters. The van der Waals surface area contributed by atoms with Crippen molar-refractivity contribution in [3.05, 3.63) is 40.1 Å². The Hall–Kier alpha value is -1.48. The number of hydrogen-bond acceptors (Lipinski definition) is 5. The number of aromatic nitrogens is 1. The average Bonchev–Trinajstić information content (AvgIpc) is 3.00. The number of thiazole rings is 1. The van der Waals surface area contributed by atoms with E-state index in [9.17, 15) is 8.42 Å². The van der Waals surface area contributed by atoms with E-state index in [-0.39, 0.29) is 0 Å². The molecular weight excluding hydrogens is 382 g/mol. The summed E-state index contributed by atoms with van der Waals surface area (Å²) in [5, 5.41) is 2.11. The van der Waals surface area contributed by atoms with Gasteiger partial charge in [-0.15, -0.1) is 11.3 Å². The van der Waals surface area contributed by atoms with Gasteiger partial charge in [0, 0.05) is 30.7 Å². The molecule has 3 rings (SSSR count). The Morgan fingerprint density at radius 3 is 2.48 bits per heavy atom. The topological polar surface area (TPSA) is 63.9 Å². The van der Waals surface area contributed by atoms with Crippen molar-refractivity contribution in [2.75, 3.05) is 26.3 Å². The molecule has 0 amide bonds. The molecule has 1 fully saturated rings. The molecule has 1 aliphatic rings. The minimum absolute atomic E-state index is 0.304. The molecule has 0 bridgehead atoms. The normalized spacial score (nSPS) is 17.0. The molecule has 0 aliphatic carbocycles. The second-order valence-electron chi connectivity index (χ2n) is 7.12. The van der Waals surface area contributed by atoms with E-state index in [1.807, 2.05) is 0 Å². The van der Waals surface area contributed by atoms with Crippen LogP contribution in [0.2, 0.25) is 0 Å². The minimum Gasteiger partial charge on any atom is -0.379 e. The summed E-state index contributed by atoms with van der Waals surface area (Å²) >= 11 is 1.61. The summed E-state index contributed by atoms with van der Waals surface area (Å²) in [5.41, 5.74) is 1.96. The number of rotatable bonds is 6. The summed E-state index contributed by atoms with van der Waals surface area (Å²) in [6, 6.07) is 6.83. The van der Waals surface area contributed by atoms with Crippen LogP contribution in [0.3, 0.4) is 0 Å². The lowest BCUT2D eigenvalue weighted by atomic mass is 10.1. The monoisotopic (exact) mass is 409 g/mol. The number of morpholine rings is 1. The lowest BCUT2D eigenvalue weighted by Gasteiger charge is -2.26. The number of sulfonamides is 1. The number of benzene rings is 1. The third-order valence-corrected chi connectivity index (χ3v) is 7.49. The van der Waals surface area contributed by atoms with Crippen molar-refractivity contribution in [2.24, 2.45) is 10.9 Å². The molecular formula is C19H27N3O3S2. The first-order valence-corrected chi connectivity index (χ1v) is 11.6. The van der Waals surface area contributed by atoms with Crippen molar-refractivity contribution in [1.29, 1.82) is 0 Å². The van der Waals surface area contributed by atoms with Gasteiger partial charge >= 0.3 is 0 Å². The highest BCUT2D eigenvalue weighted by molar-refractivity contribution is 7.89. The van der Waals surface area contributed by atoms with Gasteiger partial charge in [0.25, 0.3) is 0 Å². The van der Waals surface area contributed by atoms with E-state index < -0.39 is 10.0 Å². The second-order valence-corrected chi connectivity index (χ2v) is 9.89. The first-order chi connectivity index (χ1) is 12.9. The standard InChI is InChI=1S/C19H27N3O3S2/c1-15(2)8-9-22-16(3)14-26-19(22)20-17-4-6-18(7-5-17)27(23,24)21-10-12-25-13-11-21/h4-7,14-15H,8-13H2,1-3H3. The van der Waals surface area contributed by atoms with Crippen LogP contribution < -0.4 is 4.80 Å².